The second-order valence-corrected chi connectivity index (χ2v) is 19.0. The average Bonchev–Trinajstić information content (AvgIpc) is 2.77. The van der Waals surface area contributed by atoms with Crippen LogP contribution >= 0.6 is 0 Å². The van der Waals surface area contributed by atoms with Crippen LogP contribution in [-0.2, 0) is 0 Å². The SMILES string of the molecule is C[C@H]1[C@H](B(C/C=C/[Si](C)(C)c2ccccc2)[C@@H]2C[C@H]3C[C@@H]([C@H]2C)C3(C)C)C[C@H]2C[C@@H]1C2(C)C. The molecule has 4 bridgehead atoms. The summed E-state index contributed by atoms with van der Waals surface area (Å²) in [5.41, 5.74) is 3.87. The van der Waals surface area contributed by atoms with E-state index in [4.69, 9.17) is 0 Å². The number of hydrogen-bond acceptors (Lipinski definition) is 0. The molecule has 0 saturated heterocycles. The van der Waals surface area contributed by atoms with Crippen molar-refractivity contribution in [2.24, 2.45) is 46.3 Å². The van der Waals surface area contributed by atoms with Crippen molar-refractivity contribution >= 4 is 20.0 Å². The molecule has 1 aromatic carbocycles. The van der Waals surface area contributed by atoms with Crippen molar-refractivity contribution in [3.8, 4) is 0 Å². The molecule has 7 rings (SSSR count). The number of fused-ring (bicyclic) bond motifs is 4. The van der Waals surface area contributed by atoms with E-state index in [-0.39, 0.29) is 0 Å². The van der Waals surface area contributed by atoms with Gasteiger partial charge < -0.3 is 0 Å². The third-order valence-corrected chi connectivity index (χ3v) is 15.3. The molecule has 6 fully saturated rings. The molecule has 0 nitrogen and oxygen atoms in total. The average molecular weight is 461 g/mol. The summed E-state index contributed by atoms with van der Waals surface area (Å²) in [5, 5.41) is 1.57. The zero-order valence-electron chi connectivity index (χ0n) is 22.8. The molecule has 180 valence electrons. The van der Waals surface area contributed by atoms with Crippen LogP contribution in [0.15, 0.2) is 42.1 Å². The second kappa shape index (κ2) is 8.14. The van der Waals surface area contributed by atoms with Crippen molar-refractivity contribution in [2.75, 3.05) is 0 Å². The Balaban J connectivity index is 1.38. The molecule has 6 saturated carbocycles. The Morgan fingerprint density at radius 1 is 0.818 bits per heavy atom. The Morgan fingerprint density at radius 2 is 1.30 bits per heavy atom. The molecule has 0 amide bonds. The summed E-state index contributed by atoms with van der Waals surface area (Å²) in [6.45, 7) is 21.5. The first-order valence-electron chi connectivity index (χ1n) is 14.2. The third kappa shape index (κ3) is 3.76. The predicted octanol–water partition coefficient (Wildman–Crippen LogP) is 8.34. The summed E-state index contributed by atoms with van der Waals surface area (Å²) in [4.78, 5) is 0. The molecular weight excluding hydrogens is 411 g/mol. The van der Waals surface area contributed by atoms with Crippen LogP contribution in [0, 0.1) is 46.3 Å². The molecule has 33 heavy (non-hydrogen) atoms. The van der Waals surface area contributed by atoms with Gasteiger partial charge in [-0.1, -0.05) is 133 Å². The Labute approximate surface area is 206 Å². The number of rotatable bonds is 6. The first kappa shape index (κ1) is 24.0. The summed E-state index contributed by atoms with van der Waals surface area (Å²) < 4.78 is 0. The van der Waals surface area contributed by atoms with Crippen LogP contribution < -0.4 is 5.19 Å². The van der Waals surface area contributed by atoms with Gasteiger partial charge in [0.1, 0.15) is 8.07 Å². The van der Waals surface area contributed by atoms with Gasteiger partial charge in [-0.05, 0) is 59.2 Å². The lowest BCUT2D eigenvalue weighted by Crippen LogP contribution is -2.59. The molecule has 6 aliphatic rings. The van der Waals surface area contributed by atoms with Crippen LogP contribution in [0.4, 0.5) is 0 Å². The van der Waals surface area contributed by atoms with Gasteiger partial charge >= 0.3 is 0 Å². The summed E-state index contributed by atoms with van der Waals surface area (Å²) in [7, 11) is -1.52. The van der Waals surface area contributed by atoms with Crippen molar-refractivity contribution in [3.63, 3.8) is 0 Å². The predicted molar refractivity (Wildman–Crippen MR) is 149 cm³/mol. The zero-order chi connectivity index (χ0) is 23.8. The minimum absolute atomic E-state index is 0.598. The highest BCUT2D eigenvalue weighted by molar-refractivity contribution is 6.94. The minimum Gasteiger partial charge on any atom is -0.0992 e. The molecular formula is C31H49BSi. The van der Waals surface area contributed by atoms with Gasteiger partial charge in [0, 0.05) is 0 Å². The lowest BCUT2D eigenvalue weighted by atomic mass is 9.20. The van der Waals surface area contributed by atoms with Gasteiger partial charge in [0.25, 0.3) is 0 Å². The molecule has 0 aliphatic heterocycles. The van der Waals surface area contributed by atoms with Gasteiger partial charge in [-0.2, -0.15) is 0 Å². The molecule has 0 unspecified atom stereocenters. The van der Waals surface area contributed by atoms with Crippen molar-refractivity contribution in [3.05, 3.63) is 42.1 Å². The molecule has 8 atom stereocenters. The van der Waals surface area contributed by atoms with E-state index in [1.807, 2.05) is 0 Å². The molecule has 1 aromatic rings. The van der Waals surface area contributed by atoms with Crippen molar-refractivity contribution in [2.45, 2.75) is 98.3 Å². The summed E-state index contributed by atoms with van der Waals surface area (Å²) >= 11 is 0. The lowest BCUT2D eigenvalue weighted by molar-refractivity contribution is -0.107. The van der Waals surface area contributed by atoms with Crippen molar-refractivity contribution in [1.29, 1.82) is 0 Å². The number of allylic oxidation sites excluding steroid dienone is 1. The fraction of sp³-hybridized carbons (Fsp3) is 0.742. The largest absolute Gasteiger partial charge is 0.150 e. The Kier molecular flexibility index (Phi) is 5.91. The van der Waals surface area contributed by atoms with Gasteiger partial charge in [0.15, 0.2) is 6.71 Å². The maximum atomic E-state index is 2.67. The quantitative estimate of drug-likeness (QED) is 0.374. The maximum absolute atomic E-state index is 2.67. The third-order valence-electron chi connectivity index (χ3n) is 12.4. The molecule has 6 aliphatic carbocycles. The normalized spacial score (nSPS) is 40.7. The summed E-state index contributed by atoms with van der Waals surface area (Å²) in [6, 6.07) is 11.3. The van der Waals surface area contributed by atoms with Crippen LogP contribution in [0.3, 0.4) is 0 Å². The molecule has 0 spiro atoms. The monoisotopic (exact) mass is 460 g/mol. The van der Waals surface area contributed by atoms with E-state index in [0.717, 1.165) is 53.9 Å². The highest BCUT2D eigenvalue weighted by Crippen LogP contribution is 2.69. The topological polar surface area (TPSA) is 0 Å². The smallest absolute Gasteiger partial charge is 0.0992 e. The highest BCUT2D eigenvalue weighted by Gasteiger charge is 2.62. The Morgan fingerprint density at radius 3 is 1.73 bits per heavy atom. The van der Waals surface area contributed by atoms with E-state index in [1.165, 1.54) is 32.0 Å². The van der Waals surface area contributed by atoms with Crippen LogP contribution in [0.1, 0.15) is 67.2 Å². The number of hydrogen-bond donors (Lipinski definition) is 0. The van der Waals surface area contributed by atoms with Gasteiger partial charge in [-0.15, -0.1) is 0 Å². The van der Waals surface area contributed by atoms with E-state index in [1.54, 1.807) is 5.19 Å². The van der Waals surface area contributed by atoms with Crippen LogP contribution in [-0.4, -0.2) is 14.8 Å². The van der Waals surface area contributed by atoms with Gasteiger partial charge in [-0.3, -0.25) is 0 Å². The molecule has 0 aromatic heterocycles. The van der Waals surface area contributed by atoms with Gasteiger partial charge in [-0.25, -0.2) is 0 Å². The summed E-state index contributed by atoms with van der Waals surface area (Å²) in [6.07, 6.45) is 10.0. The fourth-order valence-electron chi connectivity index (χ4n) is 9.66. The fourth-order valence-corrected chi connectivity index (χ4v) is 11.6. The molecule has 0 radical (unpaired) electrons. The van der Waals surface area contributed by atoms with Crippen molar-refractivity contribution < 1.29 is 0 Å². The zero-order valence-corrected chi connectivity index (χ0v) is 23.8. The Hall–Kier alpha value is -0.758. The van der Waals surface area contributed by atoms with E-state index < -0.39 is 8.07 Å². The van der Waals surface area contributed by atoms with E-state index in [2.05, 4.69) is 96.7 Å². The molecule has 0 heterocycles. The second-order valence-electron chi connectivity index (χ2n) is 14.6. The number of benzene rings is 1. The van der Waals surface area contributed by atoms with E-state index in [0.29, 0.717) is 10.8 Å². The lowest BCUT2D eigenvalue weighted by Gasteiger charge is -2.66. The highest BCUT2D eigenvalue weighted by atomic mass is 28.3. The first-order chi connectivity index (χ1) is 15.4. The van der Waals surface area contributed by atoms with Gasteiger partial charge in [0.05, 0.1) is 0 Å². The van der Waals surface area contributed by atoms with Crippen LogP contribution in [0.5, 0.6) is 0 Å². The maximum Gasteiger partial charge on any atom is 0.150 e. The van der Waals surface area contributed by atoms with Crippen LogP contribution in [0.25, 0.3) is 0 Å². The standard InChI is InChI=1S/C31H49BSi/c1-21-26-17-23(30(26,3)4)19-28(21)32(29-20-24-18-27(22(29)2)31(24,5)6)15-12-16-33(7,8)25-13-10-9-11-14-25/h9-14,16,21-24,26-29H,15,17-20H2,1-8H3/b16-12+/t21-,22-,23-,24-,26+,27+,28-,29-/m1/s1. The van der Waals surface area contributed by atoms with Crippen LogP contribution in [0.2, 0.25) is 31.0 Å². The van der Waals surface area contributed by atoms with Gasteiger partial charge in [0.2, 0.25) is 0 Å². The van der Waals surface area contributed by atoms with E-state index >= 15 is 0 Å². The molecule has 0 N–H and O–H groups in total. The summed E-state index contributed by atoms with van der Waals surface area (Å²) in [5.74, 6) is 7.59. The van der Waals surface area contributed by atoms with Crippen molar-refractivity contribution in [1.82, 2.24) is 0 Å². The molecule has 2 heteroatoms. The first-order valence-corrected chi connectivity index (χ1v) is 17.3. The Bertz CT molecular complexity index is 841. The van der Waals surface area contributed by atoms with E-state index in [9.17, 15) is 0 Å². The minimum atomic E-state index is -1.52.